The van der Waals surface area contributed by atoms with Crippen molar-refractivity contribution in [2.75, 3.05) is 37.7 Å². The number of hydrogen-bond donors (Lipinski definition) is 0. The third kappa shape index (κ3) is 8.27. The fourth-order valence-electron chi connectivity index (χ4n) is 3.89. The minimum atomic E-state index is -2.87. The van der Waals surface area contributed by atoms with Crippen molar-refractivity contribution in [2.24, 2.45) is 0 Å². The molecule has 0 atom stereocenters. The number of nitrogens with zero attached hydrogens (tertiary/aromatic N) is 3. The van der Waals surface area contributed by atoms with Crippen LogP contribution in [0.2, 0.25) is 0 Å². The third-order valence-electron chi connectivity index (χ3n) is 6.22. The van der Waals surface area contributed by atoms with Crippen molar-refractivity contribution in [3.63, 3.8) is 0 Å². The zero-order valence-corrected chi connectivity index (χ0v) is 22.9. The van der Waals surface area contributed by atoms with Gasteiger partial charge in [0.2, 0.25) is 0 Å². The van der Waals surface area contributed by atoms with Crippen molar-refractivity contribution in [3.8, 4) is 17.6 Å². The lowest BCUT2D eigenvalue weighted by Crippen LogP contribution is -2.42. The van der Waals surface area contributed by atoms with Crippen LogP contribution in [0.25, 0.3) is 0 Å². The Morgan fingerprint density at radius 3 is 2.42 bits per heavy atom. The standard InChI is InChI=1S/C29H33N3O5S/c1-29(2,3)28-20-25(31-37-28)19-26(33)18-23-6-4-22(5-7-23)8-9-24-10-11-27(21-30-24)36-15-12-32-13-16-38(34,35)17-14-32/h4-7,10-11,20-21H,12-19H2,1-3H3. The van der Waals surface area contributed by atoms with Crippen molar-refractivity contribution in [3.05, 3.63) is 76.9 Å². The van der Waals surface area contributed by atoms with E-state index in [4.69, 9.17) is 9.26 Å². The summed E-state index contributed by atoms with van der Waals surface area (Å²) in [5.41, 5.74) is 2.90. The van der Waals surface area contributed by atoms with Gasteiger partial charge in [-0.2, -0.15) is 0 Å². The van der Waals surface area contributed by atoms with Crippen LogP contribution in [0.5, 0.6) is 5.75 Å². The minimum Gasteiger partial charge on any atom is -0.491 e. The number of pyridine rings is 1. The highest BCUT2D eigenvalue weighted by atomic mass is 32.2. The lowest BCUT2D eigenvalue weighted by Gasteiger charge is -2.26. The molecule has 0 aliphatic carbocycles. The lowest BCUT2D eigenvalue weighted by molar-refractivity contribution is -0.117. The maximum Gasteiger partial charge on any atom is 0.152 e. The van der Waals surface area contributed by atoms with Crippen molar-refractivity contribution < 1.29 is 22.5 Å². The van der Waals surface area contributed by atoms with Crippen LogP contribution in [0.15, 0.2) is 53.2 Å². The number of ether oxygens (including phenoxy) is 1. The average Bonchev–Trinajstić information content (AvgIpc) is 3.34. The first kappa shape index (κ1) is 27.6. The van der Waals surface area contributed by atoms with Crippen LogP contribution in [0, 0.1) is 11.8 Å². The molecule has 1 aliphatic heterocycles. The molecule has 0 spiro atoms. The number of benzene rings is 1. The number of sulfone groups is 1. The number of aromatic nitrogens is 2. The Labute approximate surface area is 224 Å². The summed E-state index contributed by atoms with van der Waals surface area (Å²) in [6, 6.07) is 13.1. The fraction of sp³-hybridized carbons (Fsp3) is 0.414. The second-order valence-corrected chi connectivity index (χ2v) is 12.8. The van der Waals surface area contributed by atoms with Gasteiger partial charge in [0, 0.05) is 43.1 Å². The zero-order chi connectivity index (χ0) is 27.2. The van der Waals surface area contributed by atoms with Crippen LogP contribution in [0.1, 0.15) is 49.0 Å². The van der Waals surface area contributed by atoms with E-state index in [1.54, 1.807) is 12.3 Å². The number of rotatable bonds is 8. The summed E-state index contributed by atoms with van der Waals surface area (Å²) in [6.45, 7) is 8.38. The molecule has 1 saturated heterocycles. The molecular formula is C29H33N3O5S. The first-order valence-corrected chi connectivity index (χ1v) is 14.5. The first-order chi connectivity index (χ1) is 18.1. The Morgan fingerprint density at radius 1 is 1.05 bits per heavy atom. The van der Waals surface area contributed by atoms with Crippen LogP contribution in [-0.2, 0) is 32.9 Å². The lowest BCUT2D eigenvalue weighted by atomic mass is 9.93. The molecule has 0 bridgehead atoms. The number of ketones is 1. The monoisotopic (exact) mass is 535 g/mol. The summed E-state index contributed by atoms with van der Waals surface area (Å²) < 4.78 is 34.1. The molecule has 200 valence electrons. The van der Waals surface area contributed by atoms with Gasteiger partial charge in [0.15, 0.2) is 9.84 Å². The molecule has 0 amide bonds. The van der Waals surface area contributed by atoms with Crippen LogP contribution in [-0.4, -0.2) is 67.0 Å². The number of carbonyl (C=O) groups is 1. The maximum atomic E-state index is 12.5. The number of hydrogen-bond acceptors (Lipinski definition) is 8. The maximum absolute atomic E-state index is 12.5. The van der Waals surface area contributed by atoms with Gasteiger partial charge in [-0.15, -0.1) is 0 Å². The highest BCUT2D eigenvalue weighted by Crippen LogP contribution is 2.23. The molecule has 9 heteroatoms. The summed E-state index contributed by atoms with van der Waals surface area (Å²) in [5, 5.41) is 4.03. The normalized spacial score (nSPS) is 15.4. The van der Waals surface area contributed by atoms with E-state index in [1.165, 1.54) is 0 Å². The molecule has 3 aromatic rings. The summed E-state index contributed by atoms with van der Waals surface area (Å²) in [6.07, 6.45) is 2.21. The summed E-state index contributed by atoms with van der Waals surface area (Å²) in [5.74, 6) is 8.06. The molecule has 38 heavy (non-hydrogen) atoms. The van der Waals surface area contributed by atoms with E-state index in [-0.39, 0.29) is 29.1 Å². The molecule has 0 radical (unpaired) electrons. The molecule has 0 saturated carbocycles. The highest BCUT2D eigenvalue weighted by Gasteiger charge is 2.21. The summed E-state index contributed by atoms with van der Waals surface area (Å²) in [7, 11) is -2.87. The molecule has 3 heterocycles. The first-order valence-electron chi connectivity index (χ1n) is 12.7. The molecular weight excluding hydrogens is 502 g/mol. The van der Waals surface area contributed by atoms with Crippen LogP contribution < -0.4 is 4.74 Å². The number of carbonyl (C=O) groups excluding carboxylic acids is 1. The molecule has 0 N–H and O–H groups in total. The Morgan fingerprint density at radius 2 is 1.79 bits per heavy atom. The van der Waals surface area contributed by atoms with Gasteiger partial charge >= 0.3 is 0 Å². The largest absolute Gasteiger partial charge is 0.491 e. The number of Topliss-reactive ketones (excluding diaryl/α,β-unsaturated/α-hetero) is 1. The van der Waals surface area contributed by atoms with Crippen LogP contribution in [0.3, 0.4) is 0 Å². The third-order valence-corrected chi connectivity index (χ3v) is 7.83. The quantitative estimate of drug-likeness (QED) is 0.405. The fourth-order valence-corrected chi connectivity index (χ4v) is 5.17. The van der Waals surface area contributed by atoms with Gasteiger partial charge in [-0.05, 0) is 35.7 Å². The predicted octanol–water partition coefficient (Wildman–Crippen LogP) is 3.23. The molecule has 1 aromatic carbocycles. The molecule has 8 nitrogen and oxygen atoms in total. The van der Waals surface area contributed by atoms with Crippen LogP contribution >= 0.6 is 0 Å². The predicted molar refractivity (Wildman–Crippen MR) is 145 cm³/mol. The van der Waals surface area contributed by atoms with E-state index >= 15 is 0 Å². The molecule has 1 aliphatic rings. The summed E-state index contributed by atoms with van der Waals surface area (Å²) >= 11 is 0. The second-order valence-electron chi connectivity index (χ2n) is 10.5. The molecule has 2 aromatic heterocycles. The van der Waals surface area contributed by atoms with Gasteiger partial charge in [-0.1, -0.05) is 44.0 Å². The SMILES string of the molecule is CC(C)(C)c1cc(CC(=O)Cc2ccc(C#Cc3ccc(OCCN4CCS(=O)(=O)CC4)cn3)cc2)no1. The summed E-state index contributed by atoms with van der Waals surface area (Å²) in [4.78, 5) is 18.9. The topological polar surface area (TPSA) is 103 Å². The van der Waals surface area contributed by atoms with Gasteiger partial charge < -0.3 is 9.26 Å². The van der Waals surface area contributed by atoms with Crippen LogP contribution in [0.4, 0.5) is 0 Å². The minimum absolute atomic E-state index is 0.0768. The van der Waals surface area contributed by atoms with Gasteiger partial charge in [-0.25, -0.2) is 13.4 Å². The second kappa shape index (κ2) is 11.9. The van der Waals surface area contributed by atoms with Gasteiger partial charge in [0.05, 0.1) is 29.8 Å². The smallest absolute Gasteiger partial charge is 0.152 e. The van der Waals surface area contributed by atoms with E-state index in [1.807, 2.05) is 57.2 Å². The van der Waals surface area contributed by atoms with Gasteiger partial charge in [0.1, 0.15) is 29.6 Å². The van der Waals surface area contributed by atoms with Gasteiger partial charge in [-0.3, -0.25) is 9.69 Å². The van der Waals surface area contributed by atoms with Crippen molar-refractivity contribution in [1.29, 1.82) is 0 Å². The van der Waals surface area contributed by atoms with E-state index in [9.17, 15) is 13.2 Å². The van der Waals surface area contributed by atoms with Gasteiger partial charge in [0.25, 0.3) is 0 Å². The highest BCUT2D eigenvalue weighted by molar-refractivity contribution is 7.91. The van der Waals surface area contributed by atoms with E-state index < -0.39 is 9.84 Å². The van der Waals surface area contributed by atoms with E-state index in [0.717, 1.165) is 16.9 Å². The Hall–Kier alpha value is -3.48. The van der Waals surface area contributed by atoms with Crippen molar-refractivity contribution >= 4 is 15.6 Å². The molecule has 1 fully saturated rings. The Balaban J connectivity index is 1.22. The average molecular weight is 536 g/mol. The van der Waals surface area contributed by atoms with E-state index in [2.05, 4.69) is 26.9 Å². The van der Waals surface area contributed by atoms with Crippen molar-refractivity contribution in [2.45, 2.75) is 39.0 Å². The van der Waals surface area contributed by atoms with Crippen molar-refractivity contribution in [1.82, 2.24) is 15.0 Å². The molecule has 0 unspecified atom stereocenters. The Kier molecular flexibility index (Phi) is 8.65. The molecule has 4 rings (SSSR count). The van der Waals surface area contributed by atoms with E-state index in [0.29, 0.717) is 49.8 Å². The Bertz CT molecular complexity index is 1400. The zero-order valence-electron chi connectivity index (χ0n) is 22.1.